The van der Waals surface area contributed by atoms with Crippen LogP contribution in [0.2, 0.25) is 0 Å². The molecular formula is C12H16BrN3O2. The first-order valence-electron chi connectivity index (χ1n) is 5.54. The summed E-state index contributed by atoms with van der Waals surface area (Å²) in [4.78, 5) is 24.9. The molecule has 0 aliphatic carbocycles. The van der Waals surface area contributed by atoms with Crippen molar-refractivity contribution >= 4 is 33.4 Å². The molecule has 0 radical (unpaired) electrons. The minimum Gasteiger partial charge on any atom is -0.398 e. The van der Waals surface area contributed by atoms with Crippen molar-refractivity contribution < 1.29 is 9.59 Å². The average Bonchev–Trinajstić information content (AvgIpc) is 2.38. The lowest BCUT2D eigenvalue weighted by molar-refractivity contribution is -0.121. The Bertz CT molecular complexity index is 463. The smallest absolute Gasteiger partial charge is 0.254 e. The molecular weight excluding hydrogens is 298 g/mol. The van der Waals surface area contributed by atoms with E-state index in [9.17, 15) is 9.59 Å². The van der Waals surface area contributed by atoms with E-state index in [0.717, 1.165) is 4.47 Å². The Hall–Kier alpha value is -1.56. The van der Waals surface area contributed by atoms with E-state index < -0.39 is 0 Å². The predicted molar refractivity (Wildman–Crippen MR) is 74.2 cm³/mol. The van der Waals surface area contributed by atoms with Gasteiger partial charge in [0.15, 0.2) is 0 Å². The van der Waals surface area contributed by atoms with Gasteiger partial charge in [-0.3, -0.25) is 9.59 Å². The second kappa shape index (κ2) is 6.39. The highest BCUT2D eigenvalue weighted by atomic mass is 79.9. The SMILES string of the molecule is CCN(CC(=O)NC)C(=O)c1ccc(Br)c(N)c1. The number of hydrogen-bond acceptors (Lipinski definition) is 3. The van der Waals surface area contributed by atoms with Gasteiger partial charge in [-0.1, -0.05) is 0 Å². The zero-order valence-electron chi connectivity index (χ0n) is 10.4. The predicted octanol–water partition coefficient (Wildman–Crippen LogP) is 1.24. The van der Waals surface area contributed by atoms with E-state index >= 15 is 0 Å². The number of nitrogen functional groups attached to an aromatic ring is 1. The van der Waals surface area contributed by atoms with Crippen LogP contribution in [-0.2, 0) is 4.79 Å². The van der Waals surface area contributed by atoms with Gasteiger partial charge in [-0.25, -0.2) is 0 Å². The number of nitrogens with two attached hydrogens (primary N) is 1. The van der Waals surface area contributed by atoms with E-state index in [1.807, 2.05) is 6.92 Å². The first-order chi connectivity index (χ1) is 8.49. The molecule has 0 spiro atoms. The number of carbonyl (C=O) groups is 2. The molecule has 18 heavy (non-hydrogen) atoms. The Kier molecular flexibility index (Phi) is 5.15. The summed E-state index contributed by atoms with van der Waals surface area (Å²) in [6, 6.07) is 4.99. The minimum absolute atomic E-state index is 0.0435. The van der Waals surface area contributed by atoms with Crippen molar-refractivity contribution in [2.45, 2.75) is 6.92 Å². The van der Waals surface area contributed by atoms with Gasteiger partial charge < -0.3 is 16.0 Å². The van der Waals surface area contributed by atoms with Crippen molar-refractivity contribution in [3.63, 3.8) is 0 Å². The summed E-state index contributed by atoms with van der Waals surface area (Å²) in [6.07, 6.45) is 0. The molecule has 1 aromatic rings. The van der Waals surface area contributed by atoms with Crippen LogP contribution in [0.5, 0.6) is 0 Å². The number of likely N-dealkylation sites (N-methyl/N-ethyl adjacent to an activating group) is 2. The van der Waals surface area contributed by atoms with Gasteiger partial charge in [-0.15, -0.1) is 0 Å². The van der Waals surface area contributed by atoms with Crippen molar-refractivity contribution in [2.24, 2.45) is 0 Å². The number of rotatable bonds is 4. The molecule has 0 saturated carbocycles. The van der Waals surface area contributed by atoms with E-state index in [-0.39, 0.29) is 18.4 Å². The van der Waals surface area contributed by atoms with E-state index in [1.165, 1.54) is 11.9 Å². The summed E-state index contributed by atoms with van der Waals surface area (Å²) in [5.74, 6) is -0.407. The highest BCUT2D eigenvalue weighted by molar-refractivity contribution is 9.10. The summed E-state index contributed by atoms with van der Waals surface area (Å²) in [6.45, 7) is 2.33. The lowest BCUT2D eigenvalue weighted by atomic mass is 10.1. The van der Waals surface area contributed by atoms with Crippen LogP contribution in [-0.4, -0.2) is 36.9 Å². The number of hydrogen-bond donors (Lipinski definition) is 2. The van der Waals surface area contributed by atoms with Crippen LogP contribution in [0.4, 0.5) is 5.69 Å². The summed E-state index contributed by atoms with van der Waals surface area (Å²) in [5.41, 5.74) is 6.70. The first kappa shape index (κ1) is 14.5. The fourth-order valence-corrected chi connectivity index (χ4v) is 1.69. The molecule has 0 unspecified atom stereocenters. The van der Waals surface area contributed by atoms with Crippen LogP contribution in [0, 0.1) is 0 Å². The highest BCUT2D eigenvalue weighted by Crippen LogP contribution is 2.21. The van der Waals surface area contributed by atoms with E-state index in [0.29, 0.717) is 17.8 Å². The topological polar surface area (TPSA) is 75.4 Å². The molecule has 0 aromatic heterocycles. The van der Waals surface area contributed by atoms with E-state index in [4.69, 9.17) is 5.73 Å². The lowest BCUT2D eigenvalue weighted by Crippen LogP contribution is -2.39. The Morgan fingerprint density at radius 1 is 1.44 bits per heavy atom. The third-order valence-corrected chi connectivity index (χ3v) is 3.25. The Balaban J connectivity index is 2.89. The van der Waals surface area contributed by atoms with Gasteiger partial charge in [0, 0.05) is 29.3 Å². The molecule has 6 heteroatoms. The second-order valence-electron chi connectivity index (χ2n) is 3.73. The largest absolute Gasteiger partial charge is 0.398 e. The molecule has 0 atom stereocenters. The third kappa shape index (κ3) is 3.46. The second-order valence-corrected chi connectivity index (χ2v) is 4.58. The molecule has 0 heterocycles. The van der Waals surface area contributed by atoms with Crippen LogP contribution < -0.4 is 11.1 Å². The van der Waals surface area contributed by atoms with Gasteiger partial charge in [-0.05, 0) is 41.1 Å². The van der Waals surface area contributed by atoms with Crippen molar-refractivity contribution in [1.82, 2.24) is 10.2 Å². The molecule has 98 valence electrons. The Labute approximate surface area is 114 Å². The minimum atomic E-state index is -0.208. The molecule has 1 aromatic carbocycles. The molecule has 5 nitrogen and oxygen atoms in total. The van der Waals surface area contributed by atoms with Crippen LogP contribution >= 0.6 is 15.9 Å². The van der Waals surface area contributed by atoms with Crippen LogP contribution in [0.1, 0.15) is 17.3 Å². The fourth-order valence-electron chi connectivity index (χ4n) is 1.44. The number of benzene rings is 1. The van der Waals surface area contributed by atoms with Crippen molar-refractivity contribution in [2.75, 3.05) is 25.9 Å². The summed E-state index contributed by atoms with van der Waals surface area (Å²) in [7, 11) is 1.54. The monoisotopic (exact) mass is 313 g/mol. The van der Waals surface area contributed by atoms with E-state index in [2.05, 4.69) is 21.2 Å². The average molecular weight is 314 g/mol. The maximum absolute atomic E-state index is 12.2. The fraction of sp³-hybridized carbons (Fsp3) is 0.333. The van der Waals surface area contributed by atoms with Gasteiger partial charge in [0.2, 0.25) is 5.91 Å². The molecule has 0 saturated heterocycles. The highest BCUT2D eigenvalue weighted by Gasteiger charge is 2.17. The van der Waals surface area contributed by atoms with Crippen molar-refractivity contribution in [1.29, 1.82) is 0 Å². The molecule has 2 amide bonds. The van der Waals surface area contributed by atoms with Crippen LogP contribution in [0.25, 0.3) is 0 Å². The Morgan fingerprint density at radius 2 is 2.11 bits per heavy atom. The number of amides is 2. The quantitative estimate of drug-likeness (QED) is 0.821. The maximum atomic E-state index is 12.2. The number of anilines is 1. The number of carbonyl (C=O) groups excluding carboxylic acids is 2. The lowest BCUT2D eigenvalue weighted by Gasteiger charge is -2.20. The third-order valence-electron chi connectivity index (χ3n) is 2.53. The summed E-state index contributed by atoms with van der Waals surface area (Å²) < 4.78 is 0.744. The number of nitrogens with one attached hydrogen (secondary N) is 1. The van der Waals surface area contributed by atoms with Crippen LogP contribution in [0.3, 0.4) is 0 Å². The first-order valence-corrected chi connectivity index (χ1v) is 6.33. The summed E-state index contributed by atoms with van der Waals surface area (Å²) in [5, 5.41) is 2.49. The normalized spacial score (nSPS) is 9.94. The Morgan fingerprint density at radius 3 is 2.61 bits per heavy atom. The van der Waals surface area contributed by atoms with Crippen molar-refractivity contribution in [3.8, 4) is 0 Å². The zero-order valence-corrected chi connectivity index (χ0v) is 12.0. The molecule has 0 bridgehead atoms. The number of halogens is 1. The molecule has 0 aliphatic rings. The van der Waals surface area contributed by atoms with Gasteiger partial charge in [-0.2, -0.15) is 0 Å². The molecule has 1 rings (SSSR count). The van der Waals surface area contributed by atoms with Gasteiger partial charge >= 0.3 is 0 Å². The van der Waals surface area contributed by atoms with E-state index in [1.54, 1.807) is 18.2 Å². The maximum Gasteiger partial charge on any atom is 0.254 e. The number of nitrogens with zero attached hydrogens (tertiary/aromatic N) is 1. The van der Waals surface area contributed by atoms with Gasteiger partial charge in [0.25, 0.3) is 5.91 Å². The summed E-state index contributed by atoms with van der Waals surface area (Å²) >= 11 is 3.27. The standard InChI is InChI=1S/C12H16BrN3O2/c1-3-16(7-11(17)15-2)12(18)8-4-5-9(13)10(14)6-8/h4-6H,3,7,14H2,1-2H3,(H,15,17). The zero-order chi connectivity index (χ0) is 13.7. The molecule has 0 aliphatic heterocycles. The van der Waals surface area contributed by atoms with Crippen molar-refractivity contribution in [3.05, 3.63) is 28.2 Å². The van der Waals surface area contributed by atoms with Gasteiger partial charge in [0.05, 0.1) is 6.54 Å². The van der Waals surface area contributed by atoms with Gasteiger partial charge in [0.1, 0.15) is 0 Å². The van der Waals surface area contributed by atoms with Crippen LogP contribution in [0.15, 0.2) is 22.7 Å². The molecule has 0 fully saturated rings. The molecule has 3 N–H and O–H groups in total.